The van der Waals surface area contributed by atoms with Gasteiger partial charge >= 0.3 is 0 Å². The molecule has 4 heteroatoms. The number of hydrogen-bond acceptors (Lipinski definition) is 2. The highest BCUT2D eigenvalue weighted by atomic mass is 19.1. The maximum absolute atomic E-state index is 13.4. The third-order valence-electron chi connectivity index (χ3n) is 7.90. The van der Waals surface area contributed by atoms with E-state index >= 15 is 0 Å². The minimum absolute atomic E-state index is 0.0154. The first-order chi connectivity index (χ1) is 15.1. The Balaban J connectivity index is 1.37. The van der Waals surface area contributed by atoms with Crippen molar-refractivity contribution in [3.8, 4) is 5.69 Å². The summed E-state index contributed by atoms with van der Waals surface area (Å²) < 4.78 is 22.3. The monoisotopic (exact) mass is 414 g/mol. The Bertz CT molecular complexity index is 1150. The SMILES string of the molecule is C[C@]12Cc3cnn(-c4ccc(F)cc4)c3C=C1CCC[C@]21CC[C@@H](c2ccccc2)O1. The van der Waals surface area contributed by atoms with Crippen molar-refractivity contribution in [2.75, 3.05) is 0 Å². The molecule has 31 heavy (non-hydrogen) atoms. The second-order valence-corrected chi connectivity index (χ2v) is 9.53. The number of aromatic nitrogens is 2. The molecule has 3 nitrogen and oxygen atoms in total. The second kappa shape index (κ2) is 6.89. The zero-order valence-corrected chi connectivity index (χ0v) is 17.9. The van der Waals surface area contributed by atoms with Crippen molar-refractivity contribution in [1.82, 2.24) is 9.78 Å². The van der Waals surface area contributed by atoms with Gasteiger partial charge in [0.2, 0.25) is 0 Å². The lowest BCUT2D eigenvalue weighted by atomic mass is 9.56. The molecule has 2 aromatic carbocycles. The van der Waals surface area contributed by atoms with Crippen molar-refractivity contribution in [3.05, 3.63) is 89.0 Å². The predicted octanol–water partition coefficient (Wildman–Crippen LogP) is 6.43. The molecule has 0 N–H and O–H groups in total. The van der Waals surface area contributed by atoms with Gasteiger partial charge in [-0.05, 0) is 80.0 Å². The Morgan fingerprint density at radius 1 is 1.06 bits per heavy atom. The van der Waals surface area contributed by atoms with Gasteiger partial charge in [-0.15, -0.1) is 0 Å². The van der Waals surface area contributed by atoms with Crippen LogP contribution in [0.4, 0.5) is 4.39 Å². The molecular weight excluding hydrogens is 387 g/mol. The van der Waals surface area contributed by atoms with E-state index < -0.39 is 0 Å². The highest BCUT2D eigenvalue weighted by molar-refractivity contribution is 5.62. The molecule has 0 bridgehead atoms. The summed E-state index contributed by atoms with van der Waals surface area (Å²) in [4.78, 5) is 0. The van der Waals surface area contributed by atoms with Crippen molar-refractivity contribution in [2.45, 2.75) is 57.2 Å². The van der Waals surface area contributed by atoms with Crippen LogP contribution < -0.4 is 0 Å². The van der Waals surface area contributed by atoms with Gasteiger partial charge in [0.25, 0.3) is 0 Å². The number of rotatable bonds is 2. The van der Waals surface area contributed by atoms with E-state index in [1.165, 1.54) is 28.8 Å². The van der Waals surface area contributed by atoms with Crippen LogP contribution in [0.2, 0.25) is 0 Å². The average molecular weight is 415 g/mol. The fraction of sp³-hybridized carbons (Fsp3) is 0.370. The fourth-order valence-corrected chi connectivity index (χ4v) is 6.18. The molecular formula is C27H27FN2O. The summed E-state index contributed by atoms with van der Waals surface area (Å²) in [6.07, 6.45) is 11.0. The molecule has 2 heterocycles. The van der Waals surface area contributed by atoms with E-state index in [4.69, 9.17) is 4.74 Å². The zero-order chi connectivity index (χ0) is 21.1. The van der Waals surface area contributed by atoms with Crippen LogP contribution in [-0.4, -0.2) is 15.4 Å². The fourth-order valence-electron chi connectivity index (χ4n) is 6.18. The van der Waals surface area contributed by atoms with Crippen LogP contribution >= 0.6 is 0 Å². The summed E-state index contributed by atoms with van der Waals surface area (Å²) in [7, 11) is 0. The molecule has 1 aliphatic heterocycles. The lowest BCUT2D eigenvalue weighted by Gasteiger charge is -2.52. The molecule has 3 atom stereocenters. The number of nitrogens with zero attached hydrogens (tertiary/aromatic N) is 2. The van der Waals surface area contributed by atoms with Crippen molar-refractivity contribution >= 4 is 6.08 Å². The molecule has 3 aliphatic rings. The summed E-state index contributed by atoms with van der Waals surface area (Å²) in [6, 6.07) is 17.2. The van der Waals surface area contributed by atoms with Crippen molar-refractivity contribution < 1.29 is 9.13 Å². The Morgan fingerprint density at radius 3 is 2.68 bits per heavy atom. The summed E-state index contributed by atoms with van der Waals surface area (Å²) in [5, 5.41) is 4.67. The molecule has 0 radical (unpaired) electrons. The minimum atomic E-state index is -0.226. The number of halogens is 1. The second-order valence-electron chi connectivity index (χ2n) is 9.53. The maximum Gasteiger partial charge on any atom is 0.123 e. The van der Waals surface area contributed by atoms with Gasteiger partial charge in [-0.1, -0.05) is 42.8 Å². The lowest BCUT2D eigenvalue weighted by Crippen LogP contribution is -2.52. The Labute approximate surface area is 182 Å². The van der Waals surface area contributed by atoms with Gasteiger partial charge in [0.1, 0.15) is 5.82 Å². The van der Waals surface area contributed by atoms with Crippen molar-refractivity contribution in [3.63, 3.8) is 0 Å². The molecule has 3 aromatic rings. The average Bonchev–Trinajstić information content (AvgIpc) is 3.40. The van der Waals surface area contributed by atoms with Crippen LogP contribution in [0.25, 0.3) is 11.8 Å². The van der Waals surface area contributed by atoms with Gasteiger partial charge in [0.15, 0.2) is 0 Å². The van der Waals surface area contributed by atoms with Crippen molar-refractivity contribution in [1.29, 1.82) is 0 Å². The van der Waals surface area contributed by atoms with E-state index in [0.717, 1.165) is 49.9 Å². The Kier molecular flexibility index (Phi) is 4.23. The summed E-state index contributed by atoms with van der Waals surface area (Å²) in [5.74, 6) is -0.226. The number of hydrogen-bond donors (Lipinski definition) is 0. The molecule has 0 amide bonds. The third kappa shape index (κ3) is 2.85. The Morgan fingerprint density at radius 2 is 1.87 bits per heavy atom. The maximum atomic E-state index is 13.4. The van der Waals surface area contributed by atoms with Gasteiger partial charge in [-0.3, -0.25) is 0 Å². The van der Waals surface area contributed by atoms with Gasteiger partial charge in [0.05, 0.1) is 29.3 Å². The normalized spacial score (nSPS) is 29.5. The topological polar surface area (TPSA) is 27.1 Å². The van der Waals surface area contributed by atoms with Crippen LogP contribution in [0, 0.1) is 11.2 Å². The molecule has 2 fully saturated rings. The van der Waals surface area contributed by atoms with Gasteiger partial charge in [-0.2, -0.15) is 5.10 Å². The van der Waals surface area contributed by atoms with Crippen LogP contribution in [0.3, 0.4) is 0 Å². The van der Waals surface area contributed by atoms with Crippen LogP contribution in [0.1, 0.15) is 62.0 Å². The molecule has 6 rings (SSSR count). The summed E-state index contributed by atoms with van der Waals surface area (Å²) >= 11 is 0. The first-order valence-corrected chi connectivity index (χ1v) is 11.3. The summed E-state index contributed by atoms with van der Waals surface area (Å²) in [5.41, 5.74) is 5.92. The molecule has 1 spiro atoms. The first-order valence-electron chi connectivity index (χ1n) is 11.3. The lowest BCUT2D eigenvalue weighted by molar-refractivity contribution is -0.125. The molecule has 0 unspecified atom stereocenters. The molecule has 1 aromatic heterocycles. The smallest absolute Gasteiger partial charge is 0.123 e. The van der Waals surface area contributed by atoms with Crippen LogP contribution in [0.5, 0.6) is 0 Å². The molecule has 1 saturated heterocycles. The van der Waals surface area contributed by atoms with Crippen LogP contribution in [0.15, 0.2) is 66.4 Å². The van der Waals surface area contributed by atoms with Gasteiger partial charge in [-0.25, -0.2) is 9.07 Å². The number of fused-ring (bicyclic) bond motifs is 3. The molecule has 1 saturated carbocycles. The quantitative estimate of drug-likeness (QED) is 0.483. The standard InChI is InChI=1S/C27H27FN2O/c1-26-17-20-18-29-30(23-11-9-22(28)10-12-23)24(20)16-21(26)8-5-14-27(26)15-13-25(31-27)19-6-3-2-4-7-19/h2-4,6-7,9-12,16,18,25H,5,8,13-15,17H2,1H3/t25-,26-,27-/m0/s1. The van der Waals surface area contributed by atoms with E-state index in [1.807, 2.05) is 10.9 Å². The van der Waals surface area contributed by atoms with E-state index in [0.29, 0.717) is 0 Å². The van der Waals surface area contributed by atoms with E-state index in [-0.39, 0.29) is 22.9 Å². The highest BCUT2D eigenvalue weighted by Gasteiger charge is 2.57. The van der Waals surface area contributed by atoms with E-state index in [2.05, 4.69) is 48.4 Å². The third-order valence-corrected chi connectivity index (χ3v) is 7.90. The van der Waals surface area contributed by atoms with Crippen LogP contribution in [-0.2, 0) is 11.2 Å². The zero-order valence-electron chi connectivity index (χ0n) is 17.9. The molecule has 158 valence electrons. The van der Waals surface area contributed by atoms with Gasteiger partial charge in [0, 0.05) is 5.41 Å². The number of ether oxygens (including phenoxy) is 1. The predicted molar refractivity (Wildman–Crippen MR) is 119 cm³/mol. The van der Waals surface area contributed by atoms with E-state index in [1.54, 1.807) is 12.1 Å². The summed E-state index contributed by atoms with van der Waals surface area (Å²) in [6.45, 7) is 2.41. The molecule has 2 aliphatic carbocycles. The van der Waals surface area contributed by atoms with Gasteiger partial charge < -0.3 is 4.74 Å². The largest absolute Gasteiger partial charge is 0.366 e. The van der Waals surface area contributed by atoms with E-state index in [9.17, 15) is 4.39 Å². The highest BCUT2D eigenvalue weighted by Crippen LogP contribution is 2.60. The first kappa shape index (κ1) is 19.0. The van der Waals surface area contributed by atoms with Crippen molar-refractivity contribution in [2.24, 2.45) is 5.41 Å². The minimum Gasteiger partial charge on any atom is -0.366 e. The number of benzene rings is 2. The Hall–Kier alpha value is -2.72.